The Kier molecular flexibility index (Phi) is 6.88. The van der Waals surface area contributed by atoms with Crippen molar-refractivity contribution >= 4 is 44.4 Å². The van der Waals surface area contributed by atoms with E-state index in [0.717, 1.165) is 69.6 Å². The molecule has 7 rings (SSSR count). The number of anilines is 1. The van der Waals surface area contributed by atoms with E-state index in [2.05, 4.69) is 39.5 Å². The molecule has 5 aliphatic rings. The third-order valence-corrected chi connectivity index (χ3v) is 10.8. The lowest BCUT2D eigenvalue weighted by Gasteiger charge is -2.36. The van der Waals surface area contributed by atoms with Crippen molar-refractivity contribution in [2.45, 2.75) is 56.7 Å². The highest BCUT2D eigenvalue weighted by atomic mass is 32.1. The number of benzene rings is 1. The summed E-state index contributed by atoms with van der Waals surface area (Å²) in [5, 5.41) is 14.1. The van der Waals surface area contributed by atoms with Crippen LogP contribution in [0.15, 0.2) is 63.1 Å². The Morgan fingerprint density at radius 2 is 2.05 bits per heavy atom. The van der Waals surface area contributed by atoms with Gasteiger partial charge in [0.1, 0.15) is 28.4 Å². The van der Waals surface area contributed by atoms with Crippen molar-refractivity contribution in [3.63, 3.8) is 0 Å². The zero-order chi connectivity index (χ0) is 30.0. The Hall–Kier alpha value is -3.65. The largest absolute Gasteiger partial charge is 0.389 e. The minimum absolute atomic E-state index is 0.164. The number of nitrogens with zero attached hydrogens (tertiary/aromatic N) is 5. The number of likely N-dealkylation sites (tertiary alicyclic amines) is 1. The normalized spacial score (nSPS) is 29.4. The van der Waals surface area contributed by atoms with E-state index in [0.29, 0.717) is 52.1 Å². The minimum atomic E-state index is -0.506. The number of piperazine rings is 1. The van der Waals surface area contributed by atoms with Crippen LogP contribution in [0.2, 0.25) is 0 Å². The number of hydrogen-bond donors (Lipinski definition) is 2. The Balaban J connectivity index is 1.42. The third kappa shape index (κ3) is 4.48. The number of fused-ring (bicyclic) bond motifs is 4. The Bertz CT molecular complexity index is 1730. The van der Waals surface area contributed by atoms with Crippen LogP contribution in [0.4, 0.5) is 13.8 Å². The molecule has 222 valence electrons. The molecule has 2 bridgehead atoms. The van der Waals surface area contributed by atoms with Gasteiger partial charge < -0.3 is 16.0 Å². The molecule has 5 heterocycles. The summed E-state index contributed by atoms with van der Waals surface area (Å²) in [4.78, 5) is 14.2. The van der Waals surface area contributed by atoms with Crippen LogP contribution in [0.1, 0.15) is 50.2 Å². The van der Waals surface area contributed by atoms with Crippen molar-refractivity contribution in [2.24, 2.45) is 9.98 Å². The molecule has 1 aromatic heterocycles. The van der Waals surface area contributed by atoms with Gasteiger partial charge in [-0.3, -0.25) is 9.89 Å². The Morgan fingerprint density at radius 3 is 2.77 bits per heavy atom. The first-order valence-electron chi connectivity index (χ1n) is 14.9. The van der Waals surface area contributed by atoms with Crippen LogP contribution in [0.3, 0.4) is 0 Å². The number of nitrogens with one attached hydrogen (secondary N) is 1. The van der Waals surface area contributed by atoms with E-state index in [-0.39, 0.29) is 26.5 Å². The number of aliphatic imine (C=N–C) groups is 2. The molecule has 7 nitrogen and oxygen atoms in total. The standard InChI is InChI=1S/C33H35F2N7S/c1-18-12-33(9-4-10-42(33)14-18)17-39-29-23(32(38-3)41-15-20-5-6-21(16-41)40-20)11-19(2)26(28(29)35)22-7-8-25(34)30-27(22)24(13-36)31(37)43-30/h7-8,11,20-21,40H,1,3-6,9-10,12,14-17,37H2,2H3/b32-23+,39-29+. The lowest BCUT2D eigenvalue weighted by molar-refractivity contribution is 0.204. The average Bonchev–Trinajstić information content (AvgIpc) is 3.70. The van der Waals surface area contributed by atoms with E-state index in [4.69, 9.17) is 10.7 Å². The monoisotopic (exact) mass is 599 g/mol. The van der Waals surface area contributed by atoms with Gasteiger partial charge in [-0.1, -0.05) is 18.2 Å². The predicted octanol–water partition coefficient (Wildman–Crippen LogP) is 5.72. The Morgan fingerprint density at radius 1 is 1.28 bits per heavy atom. The van der Waals surface area contributed by atoms with Crippen molar-refractivity contribution in [1.29, 1.82) is 5.26 Å². The highest BCUT2D eigenvalue weighted by molar-refractivity contribution is 7.23. The van der Waals surface area contributed by atoms with E-state index >= 15 is 4.39 Å². The van der Waals surface area contributed by atoms with E-state index in [1.54, 1.807) is 6.07 Å². The lowest BCUT2D eigenvalue weighted by Crippen LogP contribution is -2.50. The zero-order valence-corrected chi connectivity index (χ0v) is 25.2. The predicted molar refractivity (Wildman–Crippen MR) is 170 cm³/mol. The van der Waals surface area contributed by atoms with Gasteiger partial charge >= 0.3 is 0 Å². The highest BCUT2D eigenvalue weighted by Crippen LogP contribution is 2.45. The first-order chi connectivity index (χ1) is 20.7. The van der Waals surface area contributed by atoms with Crippen LogP contribution < -0.4 is 11.1 Å². The fourth-order valence-electron chi connectivity index (χ4n) is 7.95. The van der Waals surface area contributed by atoms with Crippen LogP contribution in [0.5, 0.6) is 0 Å². The number of nitrogen functional groups attached to an aromatic ring is 1. The van der Waals surface area contributed by atoms with Gasteiger partial charge in [-0.2, -0.15) is 5.26 Å². The number of nitrogens with two attached hydrogens (primary N) is 1. The van der Waals surface area contributed by atoms with Crippen LogP contribution in [0.25, 0.3) is 15.7 Å². The summed E-state index contributed by atoms with van der Waals surface area (Å²) in [6, 6.07) is 5.69. The first kappa shape index (κ1) is 28.1. The topological polar surface area (TPSA) is 93.0 Å². The minimum Gasteiger partial charge on any atom is -0.389 e. The maximum atomic E-state index is 17.2. The Labute approximate surface area is 254 Å². The van der Waals surface area contributed by atoms with Crippen molar-refractivity contribution in [3.05, 3.63) is 70.1 Å². The second kappa shape index (κ2) is 10.5. The average molecular weight is 600 g/mol. The summed E-state index contributed by atoms with van der Waals surface area (Å²) >= 11 is 1.01. The fraction of sp³-hybridized carbons (Fsp3) is 0.424. The molecule has 4 aliphatic heterocycles. The lowest BCUT2D eigenvalue weighted by atomic mass is 9.85. The summed E-state index contributed by atoms with van der Waals surface area (Å²) < 4.78 is 32.4. The van der Waals surface area contributed by atoms with Gasteiger partial charge in [0, 0.05) is 53.8 Å². The number of nitriles is 1. The van der Waals surface area contributed by atoms with Crippen LogP contribution in [0, 0.1) is 17.1 Å². The van der Waals surface area contributed by atoms with Gasteiger partial charge in [0.05, 0.1) is 16.8 Å². The number of hydrogen-bond acceptors (Lipinski definition) is 8. The molecule has 4 fully saturated rings. The quantitative estimate of drug-likeness (QED) is 0.339. The van der Waals surface area contributed by atoms with Crippen molar-refractivity contribution < 1.29 is 8.78 Å². The molecule has 4 saturated heterocycles. The van der Waals surface area contributed by atoms with Crippen LogP contribution in [-0.4, -0.2) is 72.6 Å². The summed E-state index contributed by atoms with van der Waals surface area (Å²) in [6.45, 7) is 13.8. The van der Waals surface area contributed by atoms with Crippen molar-refractivity contribution in [2.75, 3.05) is 38.5 Å². The van der Waals surface area contributed by atoms with E-state index in [1.165, 1.54) is 11.6 Å². The van der Waals surface area contributed by atoms with E-state index in [9.17, 15) is 9.65 Å². The molecule has 3 atom stereocenters. The maximum Gasteiger partial charge on any atom is 0.157 e. The van der Waals surface area contributed by atoms with Gasteiger partial charge in [-0.25, -0.2) is 13.8 Å². The van der Waals surface area contributed by atoms with Gasteiger partial charge in [0.2, 0.25) is 0 Å². The van der Waals surface area contributed by atoms with Crippen LogP contribution in [-0.2, 0) is 0 Å². The second-order valence-corrected chi connectivity index (χ2v) is 13.6. The van der Waals surface area contributed by atoms with Crippen molar-refractivity contribution in [3.8, 4) is 6.07 Å². The second-order valence-electron chi connectivity index (χ2n) is 12.5. The molecule has 43 heavy (non-hydrogen) atoms. The zero-order valence-electron chi connectivity index (χ0n) is 24.3. The number of thiophene rings is 1. The fourth-order valence-corrected chi connectivity index (χ4v) is 8.90. The maximum absolute atomic E-state index is 17.2. The number of allylic oxidation sites excluding steroid dienone is 5. The molecule has 1 aromatic carbocycles. The van der Waals surface area contributed by atoms with E-state index < -0.39 is 11.6 Å². The summed E-state index contributed by atoms with van der Waals surface area (Å²) in [5.74, 6) is -0.365. The SMILES string of the molecule is C=N/C(=C1/C=C(C)C(c2ccc(F)c3sc(N)c(C#N)c23)=C(F)/C1=N/CC12CCCN1CC(=C)C2)N1CC2CCC(C1)N2. The molecule has 3 unspecified atom stereocenters. The van der Waals surface area contributed by atoms with Gasteiger partial charge in [-0.05, 0) is 75.6 Å². The summed E-state index contributed by atoms with van der Waals surface area (Å²) in [6.07, 6.45) is 7.05. The molecular formula is C33H35F2N7S. The molecule has 3 N–H and O–H groups in total. The molecule has 0 spiro atoms. The highest BCUT2D eigenvalue weighted by Gasteiger charge is 2.46. The molecular weight excluding hydrogens is 564 g/mol. The summed E-state index contributed by atoms with van der Waals surface area (Å²) in [5.41, 5.74) is 9.51. The molecule has 10 heteroatoms. The van der Waals surface area contributed by atoms with Gasteiger partial charge in [0.25, 0.3) is 0 Å². The number of rotatable bonds is 5. The molecule has 0 amide bonds. The summed E-state index contributed by atoms with van der Waals surface area (Å²) in [7, 11) is 0. The third-order valence-electron chi connectivity index (χ3n) is 9.81. The van der Waals surface area contributed by atoms with Crippen molar-refractivity contribution in [1.82, 2.24) is 15.1 Å². The van der Waals surface area contributed by atoms with Gasteiger partial charge in [0.15, 0.2) is 5.83 Å². The number of halogens is 2. The molecule has 2 aromatic rings. The van der Waals surface area contributed by atoms with Crippen LogP contribution >= 0.6 is 11.3 Å². The first-order valence-corrected chi connectivity index (χ1v) is 15.7. The molecule has 0 saturated carbocycles. The van der Waals surface area contributed by atoms with E-state index in [1.807, 2.05) is 13.0 Å². The molecule has 0 radical (unpaired) electrons. The molecule has 1 aliphatic carbocycles. The van der Waals surface area contributed by atoms with Gasteiger partial charge in [-0.15, -0.1) is 11.3 Å². The smallest absolute Gasteiger partial charge is 0.157 e.